The Morgan fingerprint density at radius 1 is 0.422 bits per heavy atom. The molecule has 0 aromatic heterocycles. The fourth-order valence-corrected chi connectivity index (χ4v) is 3.45. The van der Waals surface area contributed by atoms with Gasteiger partial charge in [0.1, 0.15) is 18.8 Å². The van der Waals surface area contributed by atoms with Gasteiger partial charge in [0.05, 0.1) is 112 Å². The van der Waals surface area contributed by atoms with Gasteiger partial charge in [0.2, 0.25) is 0 Å². The summed E-state index contributed by atoms with van der Waals surface area (Å²) in [6.07, 6.45) is 6.06. The van der Waals surface area contributed by atoms with Gasteiger partial charge in [-0.05, 0) is 27.2 Å². The minimum absolute atomic E-state index is 0.0847. The lowest BCUT2D eigenvalue weighted by Crippen LogP contribution is -2.27. The van der Waals surface area contributed by atoms with Crippen molar-refractivity contribution in [1.82, 2.24) is 0 Å². The predicted molar refractivity (Wildman–Crippen MR) is 168 cm³/mol. The van der Waals surface area contributed by atoms with E-state index in [1.165, 1.54) is 19.3 Å². The van der Waals surface area contributed by atoms with Crippen LogP contribution in [0.15, 0.2) is 0 Å². The summed E-state index contributed by atoms with van der Waals surface area (Å²) in [5.41, 5.74) is -0.512. The van der Waals surface area contributed by atoms with Gasteiger partial charge in [-0.2, -0.15) is 0 Å². The zero-order chi connectivity index (χ0) is 33.1. The topological polar surface area (TPSA) is 136 Å². The van der Waals surface area contributed by atoms with Crippen molar-refractivity contribution in [1.29, 1.82) is 0 Å². The molecule has 0 atom stereocenters. The van der Waals surface area contributed by atoms with Crippen LogP contribution in [-0.4, -0.2) is 143 Å². The van der Waals surface area contributed by atoms with Crippen LogP contribution in [-0.2, 0) is 61.7 Å². The van der Waals surface area contributed by atoms with E-state index in [0.717, 1.165) is 12.8 Å². The number of carbonyl (C=O) groups excluding carboxylic acids is 2. The first kappa shape index (κ1) is 43.6. The summed E-state index contributed by atoms with van der Waals surface area (Å²) in [6, 6.07) is 0. The first-order valence-electron chi connectivity index (χ1n) is 16.4. The molecular weight excluding hydrogens is 592 g/mol. The molecule has 0 fully saturated rings. The molecule has 0 amide bonds. The van der Waals surface area contributed by atoms with E-state index < -0.39 is 5.60 Å². The van der Waals surface area contributed by atoms with Crippen LogP contribution < -0.4 is 0 Å². The van der Waals surface area contributed by atoms with Crippen LogP contribution in [0.25, 0.3) is 0 Å². The van der Waals surface area contributed by atoms with Crippen LogP contribution in [0.2, 0.25) is 0 Å². The largest absolute Gasteiger partial charge is 0.463 e. The van der Waals surface area contributed by atoms with Crippen LogP contribution in [0, 0.1) is 0 Å². The first-order chi connectivity index (χ1) is 21.8. The summed E-state index contributed by atoms with van der Waals surface area (Å²) in [6.45, 7) is 15.5. The number of rotatable bonds is 35. The Morgan fingerprint density at radius 2 is 0.756 bits per heavy atom. The molecule has 0 aromatic carbocycles. The van der Waals surface area contributed by atoms with E-state index in [1.807, 2.05) is 20.8 Å². The minimum Gasteiger partial charge on any atom is -0.463 e. The summed E-state index contributed by atoms with van der Waals surface area (Å²) in [4.78, 5) is 23.1. The highest BCUT2D eigenvalue weighted by Gasteiger charge is 2.15. The average molecular weight is 655 g/mol. The van der Waals surface area contributed by atoms with Crippen LogP contribution in [0.4, 0.5) is 0 Å². The second-order valence-electron chi connectivity index (χ2n) is 10.9. The smallest absolute Gasteiger partial charge is 0.332 e. The maximum absolute atomic E-state index is 11.6. The SMILES string of the molecule is CCCCCCCC(=O)OCCOCCOCCOCCOCCOCCOCCOCCOCCOCC(=O)OC(C)(C)C. The fraction of sp³-hybridized carbons (Fsp3) is 0.938. The van der Waals surface area contributed by atoms with E-state index in [9.17, 15) is 9.59 Å². The van der Waals surface area contributed by atoms with Gasteiger partial charge in [0.15, 0.2) is 0 Å². The van der Waals surface area contributed by atoms with Gasteiger partial charge in [-0.15, -0.1) is 0 Å². The molecule has 0 unspecified atom stereocenters. The molecule has 268 valence electrons. The molecule has 0 heterocycles. The Kier molecular flexibility index (Phi) is 32.9. The highest BCUT2D eigenvalue weighted by Crippen LogP contribution is 2.07. The van der Waals surface area contributed by atoms with Gasteiger partial charge in [0, 0.05) is 6.42 Å². The van der Waals surface area contributed by atoms with Crippen LogP contribution in [0.3, 0.4) is 0 Å². The van der Waals surface area contributed by atoms with E-state index in [4.69, 9.17) is 52.1 Å². The maximum atomic E-state index is 11.6. The zero-order valence-corrected chi connectivity index (χ0v) is 28.5. The summed E-state index contributed by atoms with van der Waals surface area (Å²) in [7, 11) is 0. The molecule has 45 heavy (non-hydrogen) atoms. The molecule has 13 nitrogen and oxygen atoms in total. The standard InChI is InChI=1S/C32H62O13/c1-5-6-7-8-9-10-30(33)44-28-27-42-24-23-40-20-19-38-16-15-36-12-11-35-13-14-37-17-18-39-21-22-41-25-26-43-29-31(34)45-32(2,3)4/h5-29H2,1-4H3. The maximum Gasteiger partial charge on any atom is 0.332 e. The van der Waals surface area contributed by atoms with Crippen molar-refractivity contribution in [3.05, 3.63) is 0 Å². The van der Waals surface area contributed by atoms with Crippen molar-refractivity contribution >= 4 is 11.9 Å². The molecule has 0 saturated heterocycles. The van der Waals surface area contributed by atoms with Crippen molar-refractivity contribution < 1.29 is 61.7 Å². The lowest BCUT2D eigenvalue weighted by molar-refractivity contribution is -0.160. The minimum atomic E-state index is -0.512. The highest BCUT2D eigenvalue weighted by molar-refractivity contribution is 5.71. The summed E-state index contributed by atoms with van der Waals surface area (Å²) >= 11 is 0. The van der Waals surface area contributed by atoms with Gasteiger partial charge in [-0.1, -0.05) is 32.6 Å². The Morgan fingerprint density at radius 3 is 1.11 bits per heavy atom. The molecule has 0 aliphatic rings. The van der Waals surface area contributed by atoms with Gasteiger partial charge in [0.25, 0.3) is 0 Å². The van der Waals surface area contributed by atoms with Crippen LogP contribution >= 0.6 is 0 Å². The van der Waals surface area contributed by atoms with Crippen molar-refractivity contribution in [2.45, 2.75) is 71.8 Å². The Labute approximate surface area is 271 Å². The van der Waals surface area contributed by atoms with Crippen molar-refractivity contribution in [3.8, 4) is 0 Å². The predicted octanol–water partition coefficient (Wildman–Crippen LogP) is 3.38. The van der Waals surface area contributed by atoms with E-state index in [1.54, 1.807) is 0 Å². The van der Waals surface area contributed by atoms with Crippen molar-refractivity contribution in [2.24, 2.45) is 0 Å². The lowest BCUT2D eigenvalue weighted by Gasteiger charge is -2.19. The number of hydrogen-bond donors (Lipinski definition) is 0. The fourth-order valence-electron chi connectivity index (χ4n) is 3.45. The molecule has 0 aliphatic heterocycles. The van der Waals surface area contributed by atoms with Crippen molar-refractivity contribution in [3.63, 3.8) is 0 Å². The number of ether oxygens (including phenoxy) is 11. The van der Waals surface area contributed by atoms with Gasteiger partial charge < -0.3 is 52.1 Å². The average Bonchev–Trinajstić information content (AvgIpc) is 2.99. The highest BCUT2D eigenvalue weighted by atomic mass is 16.6. The van der Waals surface area contributed by atoms with Crippen LogP contribution in [0.1, 0.15) is 66.2 Å². The van der Waals surface area contributed by atoms with Gasteiger partial charge >= 0.3 is 11.9 Å². The van der Waals surface area contributed by atoms with E-state index >= 15 is 0 Å². The summed E-state index contributed by atoms with van der Waals surface area (Å²) in [5, 5.41) is 0. The van der Waals surface area contributed by atoms with E-state index in [-0.39, 0.29) is 25.2 Å². The Bertz CT molecular complexity index is 643. The molecule has 0 radical (unpaired) electrons. The third-order valence-corrected chi connectivity index (χ3v) is 5.59. The summed E-state index contributed by atoms with van der Waals surface area (Å²) in [5.74, 6) is -0.539. The number of hydrogen-bond acceptors (Lipinski definition) is 13. The molecule has 0 N–H and O–H groups in total. The zero-order valence-electron chi connectivity index (χ0n) is 28.5. The summed E-state index contributed by atoms with van der Waals surface area (Å²) < 4.78 is 59.0. The molecule has 0 aromatic rings. The lowest BCUT2D eigenvalue weighted by atomic mass is 10.1. The van der Waals surface area contributed by atoms with Crippen molar-refractivity contribution in [2.75, 3.05) is 126 Å². The third-order valence-electron chi connectivity index (χ3n) is 5.59. The first-order valence-corrected chi connectivity index (χ1v) is 16.4. The quantitative estimate of drug-likeness (QED) is 0.0731. The number of esters is 2. The molecule has 0 bridgehead atoms. The van der Waals surface area contributed by atoms with Crippen LogP contribution in [0.5, 0.6) is 0 Å². The number of carbonyl (C=O) groups is 2. The normalized spacial score (nSPS) is 11.6. The second-order valence-corrected chi connectivity index (χ2v) is 10.9. The van der Waals surface area contributed by atoms with E-state index in [2.05, 4.69) is 6.92 Å². The van der Waals surface area contributed by atoms with Gasteiger partial charge in [-0.25, -0.2) is 4.79 Å². The molecule has 0 rings (SSSR count). The monoisotopic (exact) mass is 654 g/mol. The third kappa shape index (κ3) is 38.7. The second kappa shape index (κ2) is 33.9. The molecular formula is C32H62O13. The molecule has 0 saturated carbocycles. The molecule has 0 spiro atoms. The molecule has 0 aliphatic carbocycles. The number of unbranched alkanes of at least 4 members (excludes halogenated alkanes) is 4. The van der Waals surface area contributed by atoms with Gasteiger partial charge in [-0.3, -0.25) is 4.79 Å². The Balaban J connectivity index is 3.14. The Hall–Kier alpha value is -1.42. The molecule has 13 heteroatoms. The van der Waals surface area contributed by atoms with E-state index in [0.29, 0.717) is 119 Å².